The van der Waals surface area contributed by atoms with Crippen LogP contribution in [0.3, 0.4) is 0 Å². The minimum absolute atomic E-state index is 0.744. The van der Waals surface area contributed by atoms with Gasteiger partial charge in [0.15, 0.2) is 0 Å². The molecule has 12 heavy (non-hydrogen) atoms. The van der Waals surface area contributed by atoms with Crippen LogP contribution in [-0.4, -0.2) is 26.3 Å². The Kier molecular flexibility index (Phi) is 4.62. The van der Waals surface area contributed by atoms with Crippen LogP contribution >= 0.6 is 0 Å². The van der Waals surface area contributed by atoms with Crippen LogP contribution in [-0.2, 0) is 4.74 Å². The van der Waals surface area contributed by atoms with E-state index in [-0.39, 0.29) is 0 Å². The maximum Gasteiger partial charge on any atom is 0.0587 e. The van der Waals surface area contributed by atoms with Crippen LogP contribution in [0.5, 0.6) is 0 Å². The average Bonchev–Trinajstić information content (AvgIpc) is 2.09. The van der Waals surface area contributed by atoms with Crippen molar-refractivity contribution in [1.82, 2.24) is 5.32 Å². The SMILES string of the molecule is COCCNC1CCCCC1C. The van der Waals surface area contributed by atoms with Gasteiger partial charge in [-0.05, 0) is 18.8 Å². The molecule has 0 aromatic rings. The Morgan fingerprint density at radius 1 is 1.33 bits per heavy atom. The number of rotatable bonds is 4. The minimum Gasteiger partial charge on any atom is -0.383 e. The molecule has 1 rings (SSSR count). The lowest BCUT2D eigenvalue weighted by atomic mass is 9.86. The van der Waals surface area contributed by atoms with Crippen LogP contribution in [0, 0.1) is 5.92 Å². The summed E-state index contributed by atoms with van der Waals surface area (Å²) >= 11 is 0. The second kappa shape index (κ2) is 5.55. The van der Waals surface area contributed by atoms with Gasteiger partial charge in [0.25, 0.3) is 0 Å². The lowest BCUT2D eigenvalue weighted by molar-refractivity contribution is 0.184. The van der Waals surface area contributed by atoms with Gasteiger partial charge < -0.3 is 10.1 Å². The Morgan fingerprint density at radius 3 is 2.75 bits per heavy atom. The largest absolute Gasteiger partial charge is 0.383 e. The molecule has 0 bridgehead atoms. The molecule has 0 radical (unpaired) electrons. The molecule has 2 unspecified atom stereocenters. The van der Waals surface area contributed by atoms with E-state index in [9.17, 15) is 0 Å². The molecule has 1 aliphatic carbocycles. The summed E-state index contributed by atoms with van der Waals surface area (Å²) in [7, 11) is 1.76. The Balaban J connectivity index is 2.11. The Morgan fingerprint density at radius 2 is 2.08 bits per heavy atom. The third-order valence-corrected chi connectivity index (χ3v) is 2.82. The summed E-state index contributed by atoms with van der Waals surface area (Å²) in [5.41, 5.74) is 0. The van der Waals surface area contributed by atoms with E-state index in [0.29, 0.717) is 0 Å². The Bertz CT molecular complexity index is 116. The van der Waals surface area contributed by atoms with E-state index < -0.39 is 0 Å². The Hall–Kier alpha value is -0.0800. The smallest absolute Gasteiger partial charge is 0.0587 e. The monoisotopic (exact) mass is 171 g/mol. The molecule has 0 heterocycles. The summed E-state index contributed by atoms with van der Waals surface area (Å²) in [4.78, 5) is 0. The van der Waals surface area contributed by atoms with Crippen molar-refractivity contribution >= 4 is 0 Å². The molecule has 0 spiro atoms. The topological polar surface area (TPSA) is 21.3 Å². The summed E-state index contributed by atoms with van der Waals surface area (Å²) in [6, 6.07) is 0.744. The normalized spacial score (nSPS) is 30.5. The third kappa shape index (κ3) is 3.11. The van der Waals surface area contributed by atoms with Crippen molar-refractivity contribution in [2.45, 2.75) is 38.6 Å². The highest BCUT2D eigenvalue weighted by Crippen LogP contribution is 2.23. The fourth-order valence-corrected chi connectivity index (χ4v) is 1.97. The van der Waals surface area contributed by atoms with Crippen molar-refractivity contribution in [1.29, 1.82) is 0 Å². The van der Waals surface area contributed by atoms with Crippen molar-refractivity contribution in [3.05, 3.63) is 0 Å². The van der Waals surface area contributed by atoms with E-state index in [4.69, 9.17) is 4.74 Å². The lowest BCUT2D eigenvalue weighted by Gasteiger charge is -2.29. The molecule has 1 saturated carbocycles. The number of methoxy groups -OCH3 is 1. The molecule has 0 amide bonds. The highest BCUT2D eigenvalue weighted by Gasteiger charge is 2.19. The molecule has 1 fully saturated rings. The first-order valence-corrected chi connectivity index (χ1v) is 5.07. The highest BCUT2D eigenvalue weighted by atomic mass is 16.5. The molecule has 0 saturated heterocycles. The molecule has 0 aromatic carbocycles. The number of hydrogen-bond acceptors (Lipinski definition) is 2. The average molecular weight is 171 g/mol. The second-order valence-corrected chi connectivity index (χ2v) is 3.82. The first-order valence-electron chi connectivity index (χ1n) is 5.07. The molecule has 2 heteroatoms. The second-order valence-electron chi connectivity index (χ2n) is 3.82. The van der Waals surface area contributed by atoms with Crippen LogP contribution in [0.4, 0.5) is 0 Å². The van der Waals surface area contributed by atoms with Gasteiger partial charge in [-0.2, -0.15) is 0 Å². The van der Waals surface area contributed by atoms with Gasteiger partial charge in [-0.3, -0.25) is 0 Å². The van der Waals surface area contributed by atoms with Crippen LogP contribution in [0.1, 0.15) is 32.6 Å². The van der Waals surface area contributed by atoms with Crippen molar-refractivity contribution in [2.75, 3.05) is 20.3 Å². The summed E-state index contributed by atoms with van der Waals surface area (Å²) < 4.78 is 5.01. The zero-order chi connectivity index (χ0) is 8.81. The molecule has 2 nitrogen and oxygen atoms in total. The van der Waals surface area contributed by atoms with Gasteiger partial charge in [0.05, 0.1) is 6.61 Å². The zero-order valence-corrected chi connectivity index (χ0v) is 8.31. The van der Waals surface area contributed by atoms with E-state index in [0.717, 1.165) is 25.1 Å². The number of ether oxygens (including phenoxy) is 1. The van der Waals surface area contributed by atoms with Crippen molar-refractivity contribution in [2.24, 2.45) is 5.92 Å². The summed E-state index contributed by atoms with van der Waals surface area (Å²) in [6.45, 7) is 4.19. The quantitative estimate of drug-likeness (QED) is 0.651. The van der Waals surface area contributed by atoms with Crippen LogP contribution < -0.4 is 5.32 Å². The molecule has 2 atom stereocenters. The van der Waals surface area contributed by atoms with Crippen molar-refractivity contribution in [3.8, 4) is 0 Å². The Labute approximate surface area is 75.7 Å². The number of nitrogens with one attached hydrogen (secondary N) is 1. The summed E-state index contributed by atoms with van der Waals surface area (Å²) in [5, 5.41) is 3.55. The van der Waals surface area contributed by atoms with E-state index in [1.807, 2.05) is 0 Å². The maximum absolute atomic E-state index is 5.01. The van der Waals surface area contributed by atoms with Crippen LogP contribution in [0.2, 0.25) is 0 Å². The molecular weight excluding hydrogens is 150 g/mol. The van der Waals surface area contributed by atoms with Crippen molar-refractivity contribution in [3.63, 3.8) is 0 Å². The van der Waals surface area contributed by atoms with E-state index >= 15 is 0 Å². The molecular formula is C10H21NO. The van der Waals surface area contributed by atoms with Crippen molar-refractivity contribution < 1.29 is 4.74 Å². The first kappa shape index (κ1) is 10.0. The molecule has 0 aliphatic heterocycles. The van der Waals surface area contributed by atoms with E-state index in [1.165, 1.54) is 25.7 Å². The number of hydrogen-bond donors (Lipinski definition) is 1. The van der Waals surface area contributed by atoms with Gasteiger partial charge >= 0.3 is 0 Å². The van der Waals surface area contributed by atoms with Gasteiger partial charge in [0, 0.05) is 19.7 Å². The summed E-state index contributed by atoms with van der Waals surface area (Å²) in [5.74, 6) is 0.857. The van der Waals surface area contributed by atoms with Gasteiger partial charge in [-0.15, -0.1) is 0 Å². The minimum atomic E-state index is 0.744. The predicted octanol–water partition coefficient (Wildman–Crippen LogP) is 1.80. The summed E-state index contributed by atoms with van der Waals surface area (Å²) in [6.07, 6.45) is 5.56. The van der Waals surface area contributed by atoms with Crippen LogP contribution in [0.15, 0.2) is 0 Å². The van der Waals surface area contributed by atoms with Gasteiger partial charge in [-0.25, -0.2) is 0 Å². The third-order valence-electron chi connectivity index (χ3n) is 2.82. The van der Waals surface area contributed by atoms with Crippen LogP contribution in [0.25, 0.3) is 0 Å². The molecule has 1 aliphatic rings. The standard InChI is InChI=1S/C10H21NO/c1-9-5-3-4-6-10(9)11-7-8-12-2/h9-11H,3-8H2,1-2H3. The molecule has 0 aromatic heterocycles. The van der Waals surface area contributed by atoms with E-state index in [2.05, 4.69) is 12.2 Å². The first-order chi connectivity index (χ1) is 5.84. The highest BCUT2D eigenvalue weighted by molar-refractivity contribution is 4.77. The van der Waals surface area contributed by atoms with E-state index in [1.54, 1.807) is 7.11 Å². The zero-order valence-electron chi connectivity index (χ0n) is 8.31. The predicted molar refractivity (Wildman–Crippen MR) is 51.3 cm³/mol. The van der Waals surface area contributed by atoms with Gasteiger partial charge in [0.1, 0.15) is 0 Å². The fourth-order valence-electron chi connectivity index (χ4n) is 1.97. The fraction of sp³-hybridized carbons (Fsp3) is 1.00. The maximum atomic E-state index is 5.01. The molecule has 72 valence electrons. The molecule has 1 N–H and O–H groups in total. The van der Waals surface area contributed by atoms with Gasteiger partial charge in [-0.1, -0.05) is 19.8 Å². The lowest BCUT2D eigenvalue weighted by Crippen LogP contribution is -2.38. The van der Waals surface area contributed by atoms with Gasteiger partial charge in [0.2, 0.25) is 0 Å².